The van der Waals surface area contributed by atoms with Crippen LogP contribution in [0.4, 0.5) is 0 Å². The van der Waals surface area contributed by atoms with E-state index in [-0.39, 0.29) is 11.8 Å². The molecule has 7 heteroatoms. The third-order valence-corrected chi connectivity index (χ3v) is 4.84. The molecule has 0 N–H and O–H groups in total. The Morgan fingerprint density at radius 2 is 2.17 bits per heavy atom. The number of carbonyl (C=O) groups is 2. The number of hydrogen-bond donors (Lipinski definition) is 0. The molecule has 0 bridgehead atoms. The summed E-state index contributed by atoms with van der Waals surface area (Å²) in [4.78, 5) is 32.6. The molecule has 1 atom stereocenters. The van der Waals surface area contributed by atoms with E-state index in [0.29, 0.717) is 38.6 Å². The Morgan fingerprint density at radius 3 is 2.91 bits per heavy atom. The predicted molar refractivity (Wildman–Crippen MR) is 80.9 cm³/mol. The lowest BCUT2D eigenvalue weighted by Crippen LogP contribution is -2.49. The predicted octanol–water partition coefficient (Wildman–Crippen LogP) is 1.12. The van der Waals surface area contributed by atoms with Crippen molar-refractivity contribution in [2.45, 2.75) is 44.7 Å². The number of carbonyl (C=O) groups excluding carboxylic acids is 2. The normalized spacial score (nSPS) is 24.4. The summed E-state index contributed by atoms with van der Waals surface area (Å²) >= 11 is 0. The molecule has 1 aromatic heterocycles. The van der Waals surface area contributed by atoms with E-state index in [1.165, 1.54) is 5.06 Å². The quantitative estimate of drug-likeness (QED) is 0.837. The number of amides is 2. The Balaban J connectivity index is 1.52. The summed E-state index contributed by atoms with van der Waals surface area (Å²) < 4.78 is 1.75. The van der Waals surface area contributed by atoms with Gasteiger partial charge in [-0.2, -0.15) is 5.10 Å². The molecule has 2 amide bonds. The van der Waals surface area contributed by atoms with Crippen LogP contribution in [0.25, 0.3) is 0 Å². The minimum Gasteiger partial charge on any atom is -0.334 e. The summed E-state index contributed by atoms with van der Waals surface area (Å²) in [6.07, 6.45) is 6.54. The van der Waals surface area contributed by atoms with Gasteiger partial charge in [-0.1, -0.05) is 0 Å². The fraction of sp³-hybridized carbons (Fsp3) is 0.688. The fourth-order valence-corrected chi connectivity index (χ4v) is 3.30. The van der Waals surface area contributed by atoms with Crippen LogP contribution in [-0.2, 0) is 21.0 Å². The lowest BCUT2D eigenvalue weighted by Gasteiger charge is -2.36. The van der Waals surface area contributed by atoms with Gasteiger partial charge >= 0.3 is 0 Å². The van der Waals surface area contributed by atoms with Gasteiger partial charge in [0.1, 0.15) is 0 Å². The van der Waals surface area contributed by atoms with E-state index in [1.807, 2.05) is 11.0 Å². The highest BCUT2D eigenvalue weighted by atomic mass is 16.7. The number of rotatable bonds is 3. The van der Waals surface area contributed by atoms with Crippen molar-refractivity contribution in [2.24, 2.45) is 5.92 Å². The lowest BCUT2D eigenvalue weighted by atomic mass is 10.1. The van der Waals surface area contributed by atoms with E-state index >= 15 is 0 Å². The van der Waals surface area contributed by atoms with Gasteiger partial charge in [-0.25, -0.2) is 5.06 Å². The lowest BCUT2D eigenvalue weighted by molar-refractivity contribution is -0.201. The third kappa shape index (κ3) is 2.97. The Kier molecular flexibility index (Phi) is 3.80. The van der Waals surface area contributed by atoms with E-state index in [2.05, 4.69) is 5.10 Å². The molecule has 0 radical (unpaired) electrons. The van der Waals surface area contributed by atoms with Crippen molar-refractivity contribution in [1.82, 2.24) is 19.7 Å². The molecular formula is C16H22N4O3. The van der Waals surface area contributed by atoms with E-state index in [9.17, 15) is 9.59 Å². The average molecular weight is 318 g/mol. The van der Waals surface area contributed by atoms with Crippen LogP contribution in [0.15, 0.2) is 12.3 Å². The molecule has 0 unspecified atom stereocenters. The summed E-state index contributed by atoms with van der Waals surface area (Å²) in [7, 11) is 0. The largest absolute Gasteiger partial charge is 0.334 e. The Bertz CT molecular complexity index is 604. The van der Waals surface area contributed by atoms with Crippen LogP contribution in [0, 0.1) is 5.92 Å². The molecule has 0 spiro atoms. The number of hydrogen-bond acceptors (Lipinski definition) is 4. The summed E-state index contributed by atoms with van der Waals surface area (Å²) in [5, 5.41) is 5.75. The number of fused-ring (bicyclic) bond motifs is 1. The molecular weight excluding hydrogens is 296 g/mol. The topological polar surface area (TPSA) is 67.7 Å². The highest BCUT2D eigenvalue weighted by Crippen LogP contribution is 2.34. The minimum atomic E-state index is -0.477. The number of aromatic nitrogens is 2. The second-order valence-corrected chi connectivity index (χ2v) is 6.69. The van der Waals surface area contributed by atoms with Crippen LogP contribution in [0.1, 0.15) is 43.8 Å². The van der Waals surface area contributed by atoms with Gasteiger partial charge in [0.15, 0.2) is 6.04 Å². The number of nitrogens with zero attached hydrogens (tertiary/aromatic N) is 4. The molecule has 1 saturated carbocycles. The molecule has 2 aliphatic heterocycles. The maximum absolute atomic E-state index is 12.8. The average Bonchev–Trinajstić information content (AvgIpc) is 3.27. The third-order valence-electron chi connectivity index (χ3n) is 4.84. The van der Waals surface area contributed by atoms with Crippen LogP contribution >= 0.6 is 0 Å². The monoisotopic (exact) mass is 318 g/mol. The van der Waals surface area contributed by atoms with Crippen molar-refractivity contribution in [3.05, 3.63) is 18.0 Å². The second-order valence-electron chi connectivity index (χ2n) is 6.69. The van der Waals surface area contributed by atoms with Crippen LogP contribution in [0.3, 0.4) is 0 Å². The van der Waals surface area contributed by atoms with Gasteiger partial charge in [0.2, 0.25) is 5.91 Å². The maximum Gasteiger partial charge on any atom is 0.272 e. The van der Waals surface area contributed by atoms with Crippen LogP contribution in [0.5, 0.6) is 0 Å². The van der Waals surface area contributed by atoms with Gasteiger partial charge in [0.25, 0.3) is 5.91 Å². The molecule has 2 fully saturated rings. The zero-order valence-corrected chi connectivity index (χ0v) is 13.2. The van der Waals surface area contributed by atoms with E-state index in [1.54, 1.807) is 10.9 Å². The highest BCUT2D eigenvalue weighted by molar-refractivity contribution is 5.82. The van der Waals surface area contributed by atoms with Crippen molar-refractivity contribution < 1.29 is 14.4 Å². The molecule has 7 nitrogen and oxygen atoms in total. The zero-order chi connectivity index (χ0) is 15.8. The van der Waals surface area contributed by atoms with Crippen LogP contribution in [0.2, 0.25) is 0 Å². The second kappa shape index (κ2) is 5.96. The first-order chi connectivity index (χ1) is 11.2. The summed E-state index contributed by atoms with van der Waals surface area (Å²) in [5.74, 6) is 0.602. The first-order valence-corrected chi connectivity index (χ1v) is 8.47. The molecule has 4 rings (SSSR count). The standard InChI is InChI=1S/C16H22N4O3/c21-15(9-12-3-4-12)18-10-13-5-6-17-20(13)14(11-18)16(22)19-7-1-2-8-23-19/h5-6,12,14H,1-4,7-11H2/t14-/m0/s1. The Hall–Kier alpha value is -1.89. The molecule has 3 heterocycles. The molecule has 0 aromatic carbocycles. The van der Waals surface area contributed by atoms with Gasteiger partial charge in [-0.15, -0.1) is 0 Å². The van der Waals surface area contributed by atoms with E-state index < -0.39 is 6.04 Å². The Morgan fingerprint density at radius 1 is 1.30 bits per heavy atom. The fourth-order valence-electron chi connectivity index (χ4n) is 3.30. The summed E-state index contributed by atoms with van der Waals surface area (Å²) in [6, 6.07) is 1.41. The zero-order valence-electron chi connectivity index (χ0n) is 13.2. The van der Waals surface area contributed by atoms with Crippen molar-refractivity contribution >= 4 is 11.8 Å². The van der Waals surface area contributed by atoms with Crippen molar-refractivity contribution in [1.29, 1.82) is 0 Å². The molecule has 1 aromatic rings. The van der Waals surface area contributed by atoms with Gasteiger partial charge in [0.05, 0.1) is 25.4 Å². The SMILES string of the molecule is O=C(CC1CC1)N1Cc2ccnn2[C@H](C(=O)N2CCCCO2)C1. The van der Waals surface area contributed by atoms with Crippen molar-refractivity contribution in [2.75, 3.05) is 19.7 Å². The molecule has 1 saturated heterocycles. The minimum absolute atomic E-state index is 0.0985. The molecule has 3 aliphatic rings. The van der Waals surface area contributed by atoms with Crippen molar-refractivity contribution in [3.63, 3.8) is 0 Å². The smallest absolute Gasteiger partial charge is 0.272 e. The highest BCUT2D eigenvalue weighted by Gasteiger charge is 2.37. The Labute approximate surface area is 135 Å². The number of hydroxylamine groups is 2. The van der Waals surface area contributed by atoms with E-state index in [4.69, 9.17) is 4.84 Å². The molecule has 23 heavy (non-hydrogen) atoms. The van der Waals surface area contributed by atoms with Gasteiger partial charge in [-0.05, 0) is 37.7 Å². The van der Waals surface area contributed by atoms with Crippen molar-refractivity contribution in [3.8, 4) is 0 Å². The van der Waals surface area contributed by atoms with Gasteiger partial charge < -0.3 is 4.90 Å². The molecule has 124 valence electrons. The van der Waals surface area contributed by atoms with Crippen LogP contribution in [-0.4, -0.2) is 51.3 Å². The van der Waals surface area contributed by atoms with Crippen LogP contribution < -0.4 is 0 Å². The summed E-state index contributed by atoms with van der Waals surface area (Å²) in [5.41, 5.74) is 0.913. The molecule has 1 aliphatic carbocycles. The van der Waals surface area contributed by atoms with Gasteiger partial charge in [-0.3, -0.25) is 19.1 Å². The summed E-state index contributed by atoms with van der Waals surface area (Å²) in [6.45, 7) is 2.12. The maximum atomic E-state index is 12.8. The van der Waals surface area contributed by atoms with Gasteiger partial charge in [0, 0.05) is 19.2 Å². The van der Waals surface area contributed by atoms with E-state index in [0.717, 1.165) is 31.4 Å². The first-order valence-electron chi connectivity index (χ1n) is 8.47. The first kappa shape index (κ1) is 14.7.